The van der Waals surface area contributed by atoms with Gasteiger partial charge in [-0.2, -0.15) is 11.8 Å². The monoisotopic (exact) mass is 283 g/mol. The van der Waals surface area contributed by atoms with Crippen LogP contribution in [0.3, 0.4) is 0 Å². The second-order valence-electron chi connectivity index (χ2n) is 3.50. The predicted octanol–water partition coefficient (Wildman–Crippen LogP) is 4.19. The Labute approximate surface area is 103 Å². The molecule has 15 heavy (non-hydrogen) atoms. The molecule has 2 aromatic rings. The number of fused-ring (bicyclic) bond motifs is 1. The molecule has 1 aromatic carbocycles. The van der Waals surface area contributed by atoms with Crippen molar-refractivity contribution < 1.29 is 0 Å². The number of aromatic nitrogens is 1. The van der Waals surface area contributed by atoms with Crippen LogP contribution in [0.5, 0.6) is 0 Å². The zero-order valence-corrected chi connectivity index (χ0v) is 11.4. The number of thioether (sulfide) groups is 1. The predicted molar refractivity (Wildman–Crippen MR) is 72.5 cm³/mol. The van der Waals surface area contributed by atoms with Crippen LogP contribution in [-0.4, -0.2) is 10.3 Å². The van der Waals surface area contributed by atoms with Gasteiger partial charge in [-0.25, -0.2) is 0 Å². The molecular weight excluding hydrogens is 270 g/mol. The van der Waals surface area contributed by atoms with Crippen molar-refractivity contribution in [3.05, 3.63) is 34.4 Å². The summed E-state index contributed by atoms with van der Waals surface area (Å²) < 4.78 is 3.46. The molecule has 1 nitrogen and oxygen atoms in total. The highest BCUT2D eigenvalue weighted by atomic mass is 79.9. The van der Waals surface area contributed by atoms with Crippen molar-refractivity contribution in [3.8, 4) is 0 Å². The van der Waals surface area contributed by atoms with Gasteiger partial charge in [0, 0.05) is 33.9 Å². The van der Waals surface area contributed by atoms with Gasteiger partial charge < -0.3 is 4.57 Å². The molecule has 1 aromatic heterocycles. The Morgan fingerprint density at radius 3 is 2.87 bits per heavy atom. The molecule has 0 saturated heterocycles. The van der Waals surface area contributed by atoms with E-state index in [4.69, 9.17) is 0 Å². The molecule has 0 aliphatic carbocycles. The van der Waals surface area contributed by atoms with Crippen molar-refractivity contribution in [2.45, 2.75) is 12.7 Å². The van der Waals surface area contributed by atoms with E-state index >= 15 is 0 Å². The highest BCUT2D eigenvalue weighted by Crippen LogP contribution is 2.28. The summed E-state index contributed by atoms with van der Waals surface area (Å²) in [5, 5.41) is 1.31. The number of benzene rings is 1. The molecule has 80 valence electrons. The lowest BCUT2D eigenvalue weighted by Crippen LogP contribution is -1.93. The molecule has 0 atom stereocenters. The first-order valence-electron chi connectivity index (χ1n) is 5.04. The quantitative estimate of drug-likeness (QED) is 0.818. The third kappa shape index (κ3) is 2.08. The second-order valence-corrected chi connectivity index (χ2v) is 5.63. The maximum Gasteiger partial charge on any atom is 0.0491 e. The minimum absolute atomic E-state index is 1.09. The van der Waals surface area contributed by atoms with Gasteiger partial charge in [0.25, 0.3) is 0 Å². The lowest BCUT2D eigenvalue weighted by atomic mass is 10.2. The van der Waals surface area contributed by atoms with Gasteiger partial charge in [-0.05, 0) is 24.0 Å². The van der Waals surface area contributed by atoms with Crippen molar-refractivity contribution in [3.63, 3.8) is 0 Å². The number of nitrogens with zero attached hydrogens (tertiary/aromatic N) is 1. The Hall–Kier alpha value is -0.410. The maximum atomic E-state index is 3.59. The summed E-state index contributed by atoms with van der Waals surface area (Å²) in [6.07, 6.45) is 0. The molecule has 0 amide bonds. The van der Waals surface area contributed by atoms with E-state index in [1.807, 2.05) is 11.8 Å². The van der Waals surface area contributed by atoms with Gasteiger partial charge in [-0.15, -0.1) is 0 Å². The van der Waals surface area contributed by atoms with E-state index < -0.39 is 0 Å². The number of halogens is 1. The van der Waals surface area contributed by atoms with Crippen LogP contribution in [0, 0.1) is 0 Å². The van der Waals surface area contributed by atoms with Gasteiger partial charge in [-0.3, -0.25) is 0 Å². The van der Waals surface area contributed by atoms with E-state index in [9.17, 15) is 0 Å². The molecule has 0 spiro atoms. The number of hydrogen-bond acceptors (Lipinski definition) is 1. The summed E-state index contributed by atoms with van der Waals surface area (Å²) in [4.78, 5) is 0. The van der Waals surface area contributed by atoms with E-state index in [0.717, 1.165) is 5.75 Å². The zero-order chi connectivity index (χ0) is 10.8. The molecule has 0 aliphatic heterocycles. The van der Waals surface area contributed by atoms with Crippen LogP contribution in [0.4, 0.5) is 0 Å². The zero-order valence-electron chi connectivity index (χ0n) is 8.96. The Morgan fingerprint density at radius 2 is 2.20 bits per heavy atom. The Balaban J connectivity index is 2.49. The molecule has 0 radical (unpaired) electrons. The summed E-state index contributed by atoms with van der Waals surface area (Å²) >= 11 is 5.55. The Morgan fingerprint density at radius 1 is 1.40 bits per heavy atom. The molecule has 2 rings (SSSR count). The third-order valence-corrected chi connectivity index (χ3v) is 4.19. The Kier molecular flexibility index (Phi) is 3.42. The highest BCUT2D eigenvalue weighted by Gasteiger charge is 2.07. The molecule has 0 saturated carbocycles. The van der Waals surface area contributed by atoms with Crippen LogP contribution >= 0.6 is 27.7 Å². The fraction of sp³-hybridized carbons (Fsp3) is 0.333. The topological polar surface area (TPSA) is 4.93 Å². The fourth-order valence-corrected chi connectivity index (χ4v) is 2.88. The van der Waals surface area contributed by atoms with Gasteiger partial charge in [0.15, 0.2) is 0 Å². The standard InChI is InChI=1S/C12H14BrNS/c1-3-15-8-9-7-10-11(13)5-4-6-12(10)14(9)2/h4-7H,3,8H2,1-2H3. The first kappa shape index (κ1) is 11.1. The van der Waals surface area contributed by atoms with Crippen molar-refractivity contribution >= 4 is 38.6 Å². The minimum atomic E-state index is 1.09. The summed E-state index contributed by atoms with van der Waals surface area (Å²) in [6, 6.07) is 8.63. The molecule has 3 heteroatoms. The third-order valence-electron chi connectivity index (χ3n) is 2.59. The number of hydrogen-bond donors (Lipinski definition) is 0. The van der Waals surface area contributed by atoms with Crippen LogP contribution < -0.4 is 0 Å². The van der Waals surface area contributed by atoms with Crippen molar-refractivity contribution in [2.24, 2.45) is 7.05 Å². The van der Waals surface area contributed by atoms with Crippen LogP contribution in [0.1, 0.15) is 12.6 Å². The lowest BCUT2D eigenvalue weighted by molar-refractivity contribution is 0.909. The highest BCUT2D eigenvalue weighted by molar-refractivity contribution is 9.10. The average Bonchev–Trinajstić information content (AvgIpc) is 2.55. The van der Waals surface area contributed by atoms with Crippen molar-refractivity contribution in [1.82, 2.24) is 4.57 Å². The maximum absolute atomic E-state index is 3.59. The van der Waals surface area contributed by atoms with Gasteiger partial charge in [0.05, 0.1) is 0 Å². The van der Waals surface area contributed by atoms with Gasteiger partial charge >= 0.3 is 0 Å². The average molecular weight is 284 g/mol. The second kappa shape index (κ2) is 4.62. The van der Waals surface area contributed by atoms with Crippen molar-refractivity contribution in [1.29, 1.82) is 0 Å². The van der Waals surface area contributed by atoms with E-state index in [-0.39, 0.29) is 0 Å². The van der Waals surface area contributed by atoms with Gasteiger partial charge in [0.1, 0.15) is 0 Å². The largest absolute Gasteiger partial charge is 0.347 e. The number of rotatable bonds is 3. The molecule has 0 N–H and O–H groups in total. The smallest absolute Gasteiger partial charge is 0.0491 e. The van der Waals surface area contributed by atoms with E-state index in [1.54, 1.807) is 0 Å². The lowest BCUT2D eigenvalue weighted by Gasteiger charge is -2.02. The SMILES string of the molecule is CCSCc1cc2c(Br)cccc2n1C. The normalized spacial score (nSPS) is 11.1. The molecule has 0 bridgehead atoms. The first-order chi connectivity index (χ1) is 7.24. The number of aryl methyl sites for hydroxylation is 1. The van der Waals surface area contributed by atoms with Crippen LogP contribution in [-0.2, 0) is 12.8 Å². The summed E-state index contributed by atoms with van der Waals surface area (Å²) in [7, 11) is 2.14. The fourth-order valence-electron chi connectivity index (χ4n) is 1.72. The molecule has 0 unspecified atom stereocenters. The summed E-state index contributed by atoms with van der Waals surface area (Å²) in [5.74, 6) is 2.26. The Bertz CT molecular complexity index is 476. The minimum Gasteiger partial charge on any atom is -0.347 e. The molecule has 0 fully saturated rings. The van der Waals surface area contributed by atoms with Crippen LogP contribution in [0.25, 0.3) is 10.9 Å². The summed E-state index contributed by atoms with van der Waals surface area (Å²) in [5.41, 5.74) is 2.69. The van der Waals surface area contributed by atoms with Crippen LogP contribution in [0.2, 0.25) is 0 Å². The molecular formula is C12H14BrNS. The molecule has 1 heterocycles. The van der Waals surface area contributed by atoms with E-state index in [2.05, 4.69) is 58.7 Å². The van der Waals surface area contributed by atoms with E-state index in [1.165, 1.54) is 26.8 Å². The van der Waals surface area contributed by atoms with E-state index in [0.29, 0.717) is 0 Å². The summed E-state index contributed by atoms with van der Waals surface area (Å²) in [6.45, 7) is 2.20. The first-order valence-corrected chi connectivity index (χ1v) is 6.99. The molecule has 0 aliphatic rings. The van der Waals surface area contributed by atoms with Gasteiger partial charge in [-0.1, -0.05) is 28.9 Å². The van der Waals surface area contributed by atoms with Crippen LogP contribution in [0.15, 0.2) is 28.7 Å². The van der Waals surface area contributed by atoms with Crippen molar-refractivity contribution in [2.75, 3.05) is 5.75 Å². The van der Waals surface area contributed by atoms with Gasteiger partial charge in [0.2, 0.25) is 0 Å².